The molecular weight excluding hydrogens is 279 g/mol. The van der Waals surface area contributed by atoms with Crippen LogP contribution >= 0.6 is 0 Å². The van der Waals surface area contributed by atoms with E-state index in [9.17, 15) is 13.2 Å². The largest absolute Gasteiger partial charge is 0.417 e. The molecule has 0 bridgehead atoms. The van der Waals surface area contributed by atoms with E-state index < -0.39 is 11.7 Å². The van der Waals surface area contributed by atoms with Gasteiger partial charge in [0.25, 0.3) is 0 Å². The molecule has 6 heteroatoms. The molecule has 1 aliphatic rings. The Morgan fingerprint density at radius 1 is 1.43 bits per heavy atom. The standard InChI is InChI=1S/C15H18F3N3/c1-10-4-5-21(9-12(10)8-20)13-2-3-14(15(16,17)18)11(6-13)7-19/h2-3,6,10,12H,4-5,8-9,20H2,1H3. The van der Waals surface area contributed by atoms with E-state index >= 15 is 0 Å². The van der Waals surface area contributed by atoms with Gasteiger partial charge in [0.1, 0.15) is 0 Å². The van der Waals surface area contributed by atoms with E-state index in [0.717, 1.165) is 19.0 Å². The van der Waals surface area contributed by atoms with Gasteiger partial charge in [-0.3, -0.25) is 0 Å². The molecule has 0 saturated carbocycles. The summed E-state index contributed by atoms with van der Waals surface area (Å²) in [6, 6.07) is 5.40. The van der Waals surface area contributed by atoms with Crippen molar-refractivity contribution in [1.82, 2.24) is 0 Å². The lowest BCUT2D eigenvalue weighted by Gasteiger charge is -2.38. The molecule has 0 aliphatic carbocycles. The van der Waals surface area contributed by atoms with Gasteiger partial charge in [0.05, 0.1) is 17.2 Å². The van der Waals surface area contributed by atoms with Gasteiger partial charge in [-0.1, -0.05) is 6.92 Å². The first-order valence-electron chi connectivity index (χ1n) is 6.93. The van der Waals surface area contributed by atoms with Crippen molar-refractivity contribution in [2.24, 2.45) is 17.6 Å². The molecule has 1 aromatic carbocycles. The fourth-order valence-electron chi connectivity index (χ4n) is 2.76. The summed E-state index contributed by atoms with van der Waals surface area (Å²) in [4.78, 5) is 2.01. The minimum absolute atomic E-state index is 0.326. The fourth-order valence-corrected chi connectivity index (χ4v) is 2.76. The van der Waals surface area contributed by atoms with E-state index in [4.69, 9.17) is 11.0 Å². The Bertz CT molecular complexity index is 548. The van der Waals surface area contributed by atoms with Crippen LogP contribution in [0.1, 0.15) is 24.5 Å². The normalized spacial score (nSPS) is 23.0. The van der Waals surface area contributed by atoms with Gasteiger partial charge in [0.2, 0.25) is 0 Å². The molecule has 2 N–H and O–H groups in total. The molecule has 2 atom stereocenters. The van der Waals surface area contributed by atoms with Gasteiger partial charge < -0.3 is 10.6 Å². The lowest BCUT2D eigenvalue weighted by molar-refractivity contribution is -0.137. The number of alkyl halides is 3. The van der Waals surface area contributed by atoms with Crippen LogP contribution in [0.3, 0.4) is 0 Å². The second kappa shape index (κ2) is 5.94. The molecule has 1 aromatic rings. The van der Waals surface area contributed by atoms with Crippen LogP contribution in [0.15, 0.2) is 18.2 Å². The van der Waals surface area contributed by atoms with Crippen molar-refractivity contribution in [3.63, 3.8) is 0 Å². The van der Waals surface area contributed by atoms with Gasteiger partial charge in [-0.05, 0) is 43.0 Å². The number of anilines is 1. The van der Waals surface area contributed by atoms with Gasteiger partial charge in [-0.25, -0.2) is 0 Å². The highest BCUT2D eigenvalue weighted by Gasteiger charge is 2.34. The zero-order valence-corrected chi connectivity index (χ0v) is 11.8. The number of nitriles is 1. The summed E-state index contributed by atoms with van der Waals surface area (Å²) in [7, 11) is 0. The van der Waals surface area contributed by atoms with Gasteiger partial charge in [0, 0.05) is 18.8 Å². The van der Waals surface area contributed by atoms with Crippen LogP contribution in [0.2, 0.25) is 0 Å². The maximum atomic E-state index is 12.8. The highest BCUT2D eigenvalue weighted by atomic mass is 19.4. The zero-order valence-electron chi connectivity index (χ0n) is 11.8. The third-order valence-electron chi connectivity index (χ3n) is 4.21. The van der Waals surface area contributed by atoms with Crippen molar-refractivity contribution in [3.8, 4) is 6.07 Å². The summed E-state index contributed by atoms with van der Waals surface area (Å²) in [5.74, 6) is 0.836. The van der Waals surface area contributed by atoms with E-state index in [2.05, 4.69) is 6.92 Å². The van der Waals surface area contributed by atoms with E-state index in [1.54, 1.807) is 6.07 Å². The van der Waals surface area contributed by atoms with Crippen LogP contribution in [-0.2, 0) is 6.18 Å². The predicted octanol–water partition coefficient (Wildman–Crippen LogP) is 3.00. The van der Waals surface area contributed by atoms with Crippen LogP contribution in [0.25, 0.3) is 0 Å². The third-order valence-corrected chi connectivity index (χ3v) is 4.21. The monoisotopic (exact) mass is 297 g/mol. The Kier molecular flexibility index (Phi) is 4.43. The van der Waals surface area contributed by atoms with Gasteiger partial charge >= 0.3 is 6.18 Å². The fraction of sp³-hybridized carbons (Fsp3) is 0.533. The van der Waals surface area contributed by atoms with E-state index in [1.807, 2.05) is 4.90 Å². The highest BCUT2D eigenvalue weighted by Crippen LogP contribution is 2.35. The smallest absolute Gasteiger partial charge is 0.371 e. The van der Waals surface area contributed by atoms with E-state index in [-0.39, 0.29) is 5.56 Å². The number of piperidine rings is 1. The Morgan fingerprint density at radius 3 is 2.71 bits per heavy atom. The molecule has 2 rings (SSSR count). The summed E-state index contributed by atoms with van der Waals surface area (Å²) in [5, 5.41) is 8.96. The van der Waals surface area contributed by atoms with Crippen molar-refractivity contribution in [2.75, 3.05) is 24.5 Å². The number of nitrogens with zero attached hydrogens (tertiary/aromatic N) is 2. The quantitative estimate of drug-likeness (QED) is 0.913. The van der Waals surface area contributed by atoms with Crippen molar-refractivity contribution in [1.29, 1.82) is 5.26 Å². The molecule has 2 unspecified atom stereocenters. The molecule has 1 saturated heterocycles. The van der Waals surface area contributed by atoms with Crippen molar-refractivity contribution in [3.05, 3.63) is 29.3 Å². The average molecular weight is 297 g/mol. The number of hydrogen-bond acceptors (Lipinski definition) is 3. The van der Waals surface area contributed by atoms with E-state index in [0.29, 0.717) is 30.6 Å². The first-order valence-corrected chi connectivity index (χ1v) is 6.93. The molecule has 0 aromatic heterocycles. The van der Waals surface area contributed by atoms with Gasteiger partial charge in [-0.15, -0.1) is 0 Å². The molecule has 1 fully saturated rings. The van der Waals surface area contributed by atoms with Gasteiger partial charge in [-0.2, -0.15) is 18.4 Å². The van der Waals surface area contributed by atoms with Crippen molar-refractivity contribution in [2.45, 2.75) is 19.5 Å². The predicted molar refractivity (Wildman–Crippen MR) is 74.7 cm³/mol. The van der Waals surface area contributed by atoms with Crippen LogP contribution in [-0.4, -0.2) is 19.6 Å². The number of halogens is 3. The van der Waals surface area contributed by atoms with E-state index in [1.165, 1.54) is 12.1 Å². The number of rotatable bonds is 2. The summed E-state index contributed by atoms with van der Waals surface area (Å²) in [5.41, 5.74) is 5.19. The Morgan fingerprint density at radius 2 is 2.14 bits per heavy atom. The van der Waals surface area contributed by atoms with Crippen LogP contribution in [0.5, 0.6) is 0 Å². The second-order valence-corrected chi connectivity index (χ2v) is 5.55. The van der Waals surface area contributed by atoms with Crippen LogP contribution < -0.4 is 10.6 Å². The van der Waals surface area contributed by atoms with Crippen molar-refractivity contribution >= 4 is 5.69 Å². The molecule has 1 heterocycles. The lowest BCUT2D eigenvalue weighted by Crippen LogP contribution is -2.42. The summed E-state index contributed by atoms with van der Waals surface area (Å²) in [6.45, 7) is 4.19. The molecule has 114 valence electrons. The molecule has 0 spiro atoms. The molecule has 0 radical (unpaired) electrons. The Balaban J connectivity index is 2.28. The van der Waals surface area contributed by atoms with Gasteiger partial charge in [0.15, 0.2) is 0 Å². The molecule has 1 aliphatic heterocycles. The molecule has 3 nitrogen and oxygen atoms in total. The third kappa shape index (κ3) is 3.30. The first kappa shape index (κ1) is 15.6. The summed E-state index contributed by atoms with van der Waals surface area (Å²) in [6.07, 6.45) is -3.55. The number of nitrogens with two attached hydrogens (primary N) is 1. The lowest BCUT2D eigenvalue weighted by atomic mass is 9.87. The Labute approximate surface area is 122 Å². The SMILES string of the molecule is CC1CCN(c2ccc(C(F)(F)F)c(C#N)c2)CC1CN. The molecule has 21 heavy (non-hydrogen) atoms. The average Bonchev–Trinajstić information content (AvgIpc) is 2.46. The summed E-state index contributed by atoms with van der Waals surface area (Å²) >= 11 is 0. The number of benzene rings is 1. The topological polar surface area (TPSA) is 53.0 Å². The molecule has 0 amide bonds. The van der Waals surface area contributed by atoms with Crippen LogP contribution in [0.4, 0.5) is 18.9 Å². The zero-order chi connectivity index (χ0) is 15.6. The first-order chi connectivity index (χ1) is 9.86. The Hall–Kier alpha value is -1.74. The second-order valence-electron chi connectivity index (χ2n) is 5.55. The minimum Gasteiger partial charge on any atom is -0.371 e. The summed E-state index contributed by atoms with van der Waals surface area (Å²) < 4.78 is 38.4. The maximum Gasteiger partial charge on any atom is 0.417 e. The minimum atomic E-state index is -4.50. The molecular formula is C15H18F3N3. The highest BCUT2D eigenvalue weighted by molar-refractivity contribution is 5.55. The number of hydrogen-bond donors (Lipinski definition) is 1. The maximum absolute atomic E-state index is 12.8. The van der Waals surface area contributed by atoms with Crippen molar-refractivity contribution < 1.29 is 13.2 Å². The van der Waals surface area contributed by atoms with Crippen LogP contribution in [0, 0.1) is 23.2 Å².